The lowest BCUT2D eigenvalue weighted by Gasteiger charge is -2.35. The largest absolute Gasteiger partial charge is 0.456 e. The standard InChI is InChI=1S/C37H25NO/c1-2-12-25(13-3-1)37(31-17-7-4-14-27(31)28-15-5-8-18-32(28)37)33-19-9-10-20-34(33)38-26-22-23-36-30(24-26)29-16-6-11-21-35(29)39-36/h1-24,38H. The Balaban J connectivity index is 1.37. The van der Waals surface area contributed by atoms with E-state index in [0.29, 0.717) is 0 Å². The van der Waals surface area contributed by atoms with Crippen LogP contribution in [0.3, 0.4) is 0 Å². The second-order valence-electron chi connectivity index (χ2n) is 10.2. The molecule has 8 rings (SSSR count). The van der Waals surface area contributed by atoms with E-state index in [4.69, 9.17) is 4.42 Å². The molecule has 0 saturated heterocycles. The van der Waals surface area contributed by atoms with Gasteiger partial charge in [-0.05, 0) is 63.7 Å². The summed E-state index contributed by atoms with van der Waals surface area (Å²) in [6, 6.07) is 52.0. The van der Waals surface area contributed by atoms with Gasteiger partial charge in [0.25, 0.3) is 0 Å². The van der Waals surface area contributed by atoms with Crippen LogP contribution in [0.4, 0.5) is 11.4 Å². The van der Waals surface area contributed by atoms with Crippen LogP contribution in [0.15, 0.2) is 150 Å². The highest BCUT2D eigenvalue weighted by Crippen LogP contribution is 2.57. The molecule has 1 aliphatic rings. The zero-order valence-corrected chi connectivity index (χ0v) is 21.3. The summed E-state index contributed by atoms with van der Waals surface area (Å²) in [6.45, 7) is 0. The van der Waals surface area contributed by atoms with Crippen molar-refractivity contribution in [2.45, 2.75) is 5.41 Å². The lowest BCUT2D eigenvalue weighted by Crippen LogP contribution is -2.29. The Hall–Kier alpha value is -5.08. The van der Waals surface area contributed by atoms with Crippen LogP contribution in [0.2, 0.25) is 0 Å². The van der Waals surface area contributed by atoms with Crippen molar-refractivity contribution in [1.29, 1.82) is 0 Å². The molecule has 7 aromatic rings. The van der Waals surface area contributed by atoms with Gasteiger partial charge in [0.1, 0.15) is 11.2 Å². The van der Waals surface area contributed by atoms with Crippen LogP contribution in [0, 0.1) is 0 Å². The Morgan fingerprint density at radius 3 is 1.82 bits per heavy atom. The van der Waals surface area contributed by atoms with Gasteiger partial charge < -0.3 is 9.73 Å². The van der Waals surface area contributed by atoms with Crippen LogP contribution >= 0.6 is 0 Å². The van der Waals surface area contributed by atoms with E-state index >= 15 is 0 Å². The normalized spacial score (nSPS) is 13.3. The fourth-order valence-corrected chi connectivity index (χ4v) is 6.56. The maximum absolute atomic E-state index is 6.09. The SMILES string of the molecule is c1ccc(C2(c3ccccc3Nc3ccc4oc5ccccc5c4c3)c3ccccc3-c3ccccc32)cc1. The van der Waals surface area contributed by atoms with E-state index in [1.165, 1.54) is 33.4 Å². The predicted octanol–water partition coefficient (Wildman–Crippen LogP) is 9.69. The fourth-order valence-electron chi connectivity index (χ4n) is 6.56. The van der Waals surface area contributed by atoms with Crippen molar-refractivity contribution >= 4 is 33.3 Å². The quantitative estimate of drug-likeness (QED) is 0.261. The van der Waals surface area contributed by atoms with Gasteiger partial charge in [-0.25, -0.2) is 0 Å². The number of fused-ring (bicyclic) bond motifs is 6. The second kappa shape index (κ2) is 8.47. The second-order valence-corrected chi connectivity index (χ2v) is 10.2. The summed E-state index contributed by atoms with van der Waals surface area (Å²) in [6.07, 6.45) is 0. The number of nitrogens with one attached hydrogen (secondary N) is 1. The van der Waals surface area contributed by atoms with Gasteiger partial charge in [-0.1, -0.05) is 115 Å². The van der Waals surface area contributed by atoms with Crippen LogP contribution in [0.5, 0.6) is 0 Å². The van der Waals surface area contributed by atoms with Gasteiger partial charge in [0, 0.05) is 22.1 Å². The van der Waals surface area contributed by atoms with Crippen LogP contribution in [-0.4, -0.2) is 0 Å². The summed E-state index contributed by atoms with van der Waals surface area (Å²) in [7, 11) is 0. The minimum absolute atomic E-state index is 0.454. The molecule has 2 nitrogen and oxygen atoms in total. The molecule has 0 radical (unpaired) electrons. The molecule has 1 aliphatic carbocycles. The number of para-hydroxylation sites is 2. The fraction of sp³-hybridized carbons (Fsp3) is 0.0270. The molecule has 1 heterocycles. The molecule has 1 aromatic heterocycles. The van der Waals surface area contributed by atoms with Gasteiger partial charge in [-0.2, -0.15) is 0 Å². The molecule has 0 spiro atoms. The van der Waals surface area contributed by atoms with Crippen LogP contribution < -0.4 is 5.32 Å². The average molecular weight is 500 g/mol. The minimum Gasteiger partial charge on any atom is -0.456 e. The van der Waals surface area contributed by atoms with E-state index in [1.807, 2.05) is 12.1 Å². The van der Waals surface area contributed by atoms with Crippen molar-refractivity contribution in [3.63, 3.8) is 0 Å². The van der Waals surface area contributed by atoms with Gasteiger partial charge in [-0.3, -0.25) is 0 Å². The zero-order valence-electron chi connectivity index (χ0n) is 21.3. The van der Waals surface area contributed by atoms with Crippen molar-refractivity contribution in [3.05, 3.63) is 168 Å². The summed E-state index contributed by atoms with van der Waals surface area (Å²) in [4.78, 5) is 0. The molecule has 0 atom stereocenters. The Kier molecular flexibility index (Phi) is 4.77. The van der Waals surface area contributed by atoms with Gasteiger partial charge in [0.15, 0.2) is 0 Å². The Morgan fingerprint density at radius 2 is 1.05 bits per heavy atom. The Bertz CT molecular complexity index is 1950. The zero-order chi connectivity index (χ0) is 25.8. The van der Waals surface area contributed by atoms with Gasteiger partial charge >= 0.3 is 0 Å². The molecular formula is C37H25NO. The third kappa shape index (κ3) is 3.15. The first-order valence-corrected chi connectivity index (χ1v) is 13.4. The predicted molar refractivity (Wildman–Crippen MR) is 161 cm³/mol. The smallest absolute Gasteiger partial charge is 0.135 e. The molecule has 0 fully saturated rings. The molecule has 0 amide bonds. The van der Waals surface area contributed by atoms with E-state index < -0.39 is 5.41 Å². The van der Waals surface area contributed by atoms with E-state index in [2.05, 4.69) is 139 Å². The highest BCUT2D eigenvalue weighted by Gasteiger charge is 2.46. The van der Waals surface area contributed by atoms with E-state index in [-0.39, 0.29) is 0 Å². The molecule has 6 aromatic carbocycles. The maximum Gasteiger partial charge on any atom is 0.135 e. The molecule has 0 unspecified atom stereocenters. The van der Waals surface area contributed by atoms with E-state index in [0.717, 1.165) is 33.3 Å². The van der Waals surface area contributed by atoms with Gasteiger partial charge in [0.2, 0.25) is 0 Å². The highest BCUT2D eigenvalue weighted by molar-refractivity contribution is 6.06. The summed E-state index contributed by atoms with van der Waals surface area (Å²) in [5.74, 6) is 0. The van der Waals surface area contributed by atoms with Crippen LogP contribution in [0.25, 0.3) is 33.1 Å². The van der Waals surface area contributed by atoms with Crippen molar-refractivity contribution in [1.82, 2.24) is 0 Å². The van der Waals surface area contributed by atoms with Gasteiger partial charge in [0.05, 0.1) is 5.41 Å². The molecule has 2 heteroatoms. The first-order valence-electron chi connectivity index (χ1n) is 13.4. The number of benzene rings is 6. The van der Waals surface area contributed by atoms with Crippen LogP contribution in [0.1, 0.15) is 22.3 Å². The average Bonchev–Trinajstić information content (AvgIpc) is 3.52. The summed E-state index contributed by atoms with van der Waals surface area (Å²) in [5, 5.41) is 6.05. The number of hydrogen-bond acceptors (Lipinski definition) is 2. The summed E-state index contributed by atoms with van der Waals surface area (Å²) < 4.78 is 6.09. The molecule has 184 valence electrons. The van der Waals surface area contributed by atoms with Crippen molar-refractivity contribution in [2.24, 2.45) is 0 Å². The lowest BCUT2D eigenvalue weighted by atomic mass is 9.67. The number of furan rings is 1. The Morgan fingerprint density at radius 1 is 0.462 bits per heavy atom. The topological polar surface area (TPSA) is 25.2 Å². The van der Waals surface area contributed by atoms with Gasteiger partial charge in [-0.15, -0.1) is 0 Å². The lowest BCUT2D eigenvalue weighted by molar-refractivity contribution is 0.669. The maximum atomic E-state index is 6.09. The molecule has 0 bridgehead atoms. The van der Waals surface area contributed by atoms with Crippen molar-refractivity contribution in [3.8, 4) is 11.1 Å². The molecule has 0 aliphatic heterocycles. The Labute approximate surface area is 227 Å². The number of rotatable bonds is 4. The first-order chi connectivity index (χ1) is 19.3. The molecule has 0 saturated carbocycles. The minimum atomic E-state index is -0.454. The number of hydrogen-bond donors (Lipinski definition) is 1. The van der Waals surface area contributed by atoms with Crippen molar-refractivity contribution in [2.75, 3.05) is 5.32 Å². The summed E-state index contributed by atoms with van der Waals surface area (Å²) >= 11 is 0. The van der Waals surface area contributed by atoms with E-state index in [1.54, 1.807) is 0 Å². The monoisotopic (exact) mass is 499 g/mol. The van der Waals surface area contributed by atoms with E-state index in [9.17, 15) is 0 Å². The molecule has 39 heavy (non-hydrogen) atoms. The summed E-state index contributed by atoms with van der Waals surface area (Å²) in [5.41, 5.74) is 11.1. The number of anilines is 2. The molecule has 1 N–H and O–H groups in total. The third-order valence-corrected chi connectivity index (χ3v) is 8.15. The van der Waals surface area contributed by atoms with Crippen LogP contribution in [-0.2, 0) is 5.41 Å². The van der Waals surface area contributed by atoms with Crippen molar-refractivity contribution < 1.29 is 4.42 Å². The molecular weight excluding hydrogens is 474 g/mol. The highest BCUT2D eigenvalue weighted by atomic mass is 16.3. The third-order valence-electron chi connectivity index (χ3n) is 8.15. The first kappa shape index (κ1) is 22.0.